The highest BCUT2D eigenvalue weighted by atomic mass is 16.5. The minimum absolute atomic E-state index is 0.0989. The molecule has 1 aliphatic heterocycles. The standard InChI is InChI=1S/C28H23NO5/c1-32-28(31)26(19-8-3-2-4-9-19)23-17-34-25-14-13-21(15-22(25)27(23)30)33-16-20-12-11-18-7-5-6-10-24(18)29-20/h2-15,23,26H,16-17H2,1H3. The van der Waals surface area contributed by atoms with Crippen LogP contribution in [0.3, 0.4) is 0 Å². The van der Waals surface area contributed by atoms with E-state index in [0.717, 1.165) is 22.2 Å². The molecule has 0 spiro atoms. The molecule has 170 valence electrons. The first-order chi connectivity index (χ1) is 16.6. The van der Waals surface area contributed by atoms with E-state index in [4.69, 9.17) is 14.2 Å². The average Bonchev–Trinajstić information content (AvgIpc) is 2.89. The number of ether oxygens (including phenoxy) is 3. The highest BCUT2D eigenvalue weighted by molar-refractivity contribution is 6.04. The number of aromatic nitrogens is 1. The molecule has 2 heterocycles. The molecule has 0 aliphatic carbocycles. The fourth-order valence-electron chi connectivity index (χ4n) is 4.29. The van der Waals surface area contributed by atoms with Crippen molar-refractivity contribution in [3.63, 3.8) is 0 Å². The quantitative estimate of drug-likeness (QED) is 0.384. The molecule has 0 amide bonds. The molecule has 2 atom stereocenters. The first kappa shape index (κ1) is 21.6. The maximum atomic E-state index is 13.5. The van der Waals surface area contributed by atoms with E-state index in [1.165, 1.54) is 7.11 Å². The molecule has 34 heavy (non-hydrogen) atoms. The molecule has 1 aromatic heterocycles. The molecule has 2 unspecified atom stereocenters. The first-order valence-electron chi connectivity index (χ1n) is 11.1. The molecule has 4 aromatic rings. The number of Topliss-reactive ketones (excluding diaryl/α,β-unsaturated/α-hetero) is 1. The first-order valence-corrected chi connectivity index (χ1v) is 11.1. The zero-order valence-corrected chi connectivity index (χ0v) is 18.6. The number of nitrogens with zero attached hydrogens (tertiary/aromatic N) is 1. The topological polar surface area (TPSA) is 74.7 Å². The van der Waals surface area contributed by atoms with Crippen molar-refractivity contribution >= 4 is 22.7 Å². The van der Waals surface area contributed by atoms with Crippen LogP contribution in [-0.2, 0) is 16.1 Å². The normalized spacial score (nSPS) is 15.8. The fraction of sp³-hybridized carbons (Fsp3) is 0.179. The van der Waals surface area contributed by atoms with Crippen molar-refractivity contribution in [2.45, 2.75) is 12.5 Å². The molecule has 5 rings (SSSR count). The van der Waals surface area contributed by atoms with E-state index < -0.39 is 17.8 Å². The van der Waals surface area contributed by atoms with E-state index in [-0.39, 0.29) is 19.0 Å². The van der Waals surface area contributed by atoms with Crippen molar-refractivity contribution in [1.82, 2.24) is 4.98 Å². The number of ketones is 1. The van der Waals surface area contributed by atoms with E-state index in [1.807, 2.05) is 66.7 Å². The number of carbonyl (C=O) groups is 2. The van der Waals surface area contributed by atoms with Crippen molar-refractivity contribution in [2.24, 2.45) is 5.92 Å². The van der Waals surface area contributed by atoms with Crippen molar-refractivity contribution in [2.75, 3.05) is 13.7 Å². The number of hydrogen-bond acceptors (Lipinski definition) is 6. The lowest BCUT2D eigenvalue weighted by Gasteiger charge is -2.29. The Morgan fingerprint density at radius 3 is 2.65 bits per heavy atom. The van der Waals surface area contributed by atoms with Crippen molar-refractivity contribution in [1.29, 1.82) is 0 Å². The van der Waals surface area contributed by atoms with Crippen molar-refractivity contribution in [3.05, 3.63) is 102 Å². The summed E-state index contributed by atoms with van der Waals surface area (Å²) in [6.07, 6.45) is 0. The number of hydrogen-bond donors (Lipinski definition) is 0. The van der Waals surface area contributed by atoms with Crippen LogP contribution in [0, 0.1) is 5.92 Å². The van der Waals surface area contributed by atoms with Gasteiger partial charge in [-0.3, -0.25) is 9.59 Å². The third kappa shape index (κ3) is 4.22. The molecule has 3 aromatic carbocycles. The van der Waals surface area contributed by atoms with Crippen LogP contribution >= 0.6 is 0 Å². The second-order valence-electron chi connectivity index (χ2n) is 8.14. The molecule has 0 radical (unpaired) electrons. The van der Waals surface area contributed by atoms with E-state index in [0.29, 0.717) is 17.1 Å². The van der Waals surface area contributed by atoms with E-state index in [1.54, 1.807) is 18.2 Å². The Kier molecular flexibility index (Phi) is 5.95. The van der Waals surface area contributed by atoms with Gasteiger partial charge in [-0.05, 0) is 35.9 Å². The van der Waals surface area contributed by atoms with Crippen LogP contribution in [0.2, 0.25) is 0 Å². The van der Waals surface area contributed by atoms with Crippen LogP contribution in [0.1, 0.15) is 27.5 Å². The number of benzene rings is 3. The summed E-state index contributed by atoms with van der Waals surface area (Å²) in [7, 11) is 1.33. The van der Waals surface area contributed by atoms with E-state index in [2.05, 4.69) is 4.98 Å². The number of pyridine rings is 1. The number of esters is 1. The lowest BCUT2D eigenvalue weighted by Crippen LogP contribution is -2.36. The molecule has 0 fully saturated rings. The SMILES string of the molecule is COC(=O)C(c1ccccc1)C1COc2ccc(OCc3ccc4ccccc4n3)cc2C1=O. The van der Waals surface area contributed by atoms with Crippen LogP contribution in [0.25, 0.3) is 10.9 Å². The van der Waals surface area contributed by atoms with Gasteiger partial charge in [0.2, 0.25) is 0 Å². The van der Waals surface area contributed by atoms with Gasteiger partial charge in [-0.2, -0.15) is 0 Å². The van der Waals surface area contributed by atoms with Crippen LogP contribution in [0.15, 0.2) is 84.9 Å². The van der Waals surface area contributed by atoms with Gasteiger partial charge in [-0.15, -0.1) is 0 Å². The molecular weight excluding hydrogens is 430 g/mol. The Morgan fingerprint density at radius 1 is 1.03 bits per heavy atom. The predicted octanol–water partition coefficient (Wildman–Crippen LogP) is 4.96. The van der Waals surface area contributed by atoms with Gasteiger partial charge in [0.1, 0.15) is 18.1 Å². The summed E-state index contributed by atoms with van der Waals surface area (Å²) in [6, 6.07) is 26.1. The summed E-state index contributed by atoms with van der Waals surface area (Å²) < 4.78 is 16.8. The summed E-state index contributed by atoms with van der Waals surface area (Å²) in [6.45, 7) is 0.360. The molecule has 0 saturated carbocycles. The summed E-state index contributed by atoms with van der Waals surface area (Å²) >= 11 is 0. The summed E-state index contributed by atoms with van der Waals surface area (Å²) in [5, 5.41) is 1.06. The predicted molar refractivity (Wildman–Crippen MR) is 127 cm³/mol. The number of rotatable bonds is 6. The number of para-hydroxylation sites is 1. The summed E-state index contributed by atoms with van der Waals surface area (Å²) in [5.74, 6) is -1.08. The monoisotopic (exact) mass is 453 g/mol. The minimum Gasteiger partial charge on any atom is -0.492 e. The number of fused-ring (bicyclic) bond motifs is 2. The fourth-order valence-corrected chi connectivity index (χ4v) is 4.29. The number of carbonyl (C=O) groups excluding carboxylic acids is 2. The largest absolute Gasteiger partial charge is 0.492 e. The van der Waals surface area contributed by atoms with Gasteiger partial charge in [-0.1, -0.05) is 54.6 Å². The zero-order valence-electron chi connectivity index (χ0n) is 18.6. The maximum Gasteiger partial charge on any atom is 0.314 e. The smallest absolute Gasteiger partial charge is 0.314 e. The summed E-state index contributed by atoms with van der Waals surface area (Å²) in [5.41, 5.74) is 2.79. The lowest BCUT2D eigenvalue weighted by molar-refractivity contribution is -0.143. The van der Waals surface area contributed by atoms with Crippen LogP contribution < -0.4 is 9.47 Å². The highest BCUT2D eigenvalue weighted by Crippen LogP contribution is 2.37. The molecule has 6 nitrogen and oxygen atoms in total. The summed E-state index contributed by atoms with van der Waals surface area (Å²) in [4.78, 5) is 30.7. The Labute approximate surface area is 197 Å². The Morgan fingerprint density at radius 2 is 1.82 bits per heavy atom. The van der Waals surface area contributed by atoms with Crippen LogP contribution in [0.5, 0.6) is 11.5 Å². The molecule has 0 N–H and O–H groups in total. The molecule has 1 aliphatic rings. The van der Waals surface area contributed by atoms with Gasteiger partial charge in [0.05, 0.1) is 42.3 Å². The molecule has 6 heteroatoms. The number of methoxy groups -OCH3 is 1. The Hall–Kier alpha value is -4.19. The molecule has 0 bridgehead atoms. The highest BCUT2D eigenvalue weighted by Gasteiger charge is 2.40. The molecular formula is C28H23NO5. The third-order valence-corrected chi connectivity index (χ3v) is 6.03. The van der Waals surface area contributed by atoms with Crippen molar-refractivity contribution in [3.8, 4) is 11.5 Å². The second kappa shape index (κ2) is 9.35. The minimum atomic E-state index is -0.752. The second-order valence-corrected chi connectivity index (χ2v) is 8.14. The Balaban J connectivity index is 1.38. The molecule has 0 saturated heterocycles. The lowest BCUT2D eigenvalue weighted by atomic mass is 9.80. The van der Waals surface area contributed by atoms with Gasteiger partial charge in [0.25, 0.3) is 0 Å². The van der Waals surface area contributed by atoms with Crippen LogP contribution in [0.4, 0.5) is 0 Å². The van der Waals surface area contributed by atoms with Crippen LogP contribution in [-0.4, -0.2) is 30.5 Å². The van der Waals surface area contributed by atoms with E-state index >= 15 is 0 Å². The van der Waals surface area contributed by atoms with E-state index in [9.17, 15) is 9.59 Å². The zero-order chi connectivity index (χ0) is 23.5. The van der Waals surface area contributed by atoms with Gasteiger partial charge >= 0.3 is 5.97 Å². The van der Waals surface area contributed by atoms with Gasteiger partial charge in [0.15, 0.2) is 5.78 Å². The van der Waals surface area contributed by atoms with Crippen molar-refractivity contribution < 1.29 is 23.8 Å². The Bertz CT molecular complexity index is 1350. The van der Waals surface area contributed by atoms with Gasteiger partial charge in [-0.25, -0.2) is 4.98 Å². The van der Waals surface area contributed by atoms with Gasteiger partial charge in [0, 0.05) is 5.39 Å². The van der Waals surface area contributed by atoms with Gasteiger partial charge < -0.3 is 14.2 Å². The third-order valence-electron chi connectivity index (χ3n) is 6.03. The maximum absolute atomic E-state index is 13.5. The average molecular weight is 453 g/mol.